The van der Waals surface area contributed by atoms with Crippen molar-refractivity contribution in [2.75, 3.05) is 0 Å². The van der Waals surface area contributed by atoms with Gasteiger partial charge in [-0.1, -0.05) is 23.8 Å². The zero-order chi connectivity index (χ0) is 6.97. The summed E-state index contributed by atoms with van der Waals surface area (Å²) >= 11 is 5.64. The molecule has 0 saturated heterocycles. The van der Waals surface area contributed by atoms with Gasteiger partial charge in [-0.2, -0.15) is 0 Å². The number of halogens is 1. The minimum absolute atomic E-state index is 0.266. The third-order valence-corrected chi connectivity index (χ3v) is 1.67. The van der Waals surface area contributed by atoms with Gasteiger partial charge in [0.15, 0.2) is 0 Å². The monoisotopic (exact) mass is 152 g/mol. The van der Waals surface area contributed by atoms with Crippen LogP contribution >= 0.6 is 11.6 Å². The van der Waals surface area contributed by atoms with Crippen LogP contribution in [0.5, 0.6) is 0 Å². The second-order valence-electron chi connectivity index (χ2n) is 2.15. The molecule has 2 aliphatic rings. The molecule has 0 aromatic heterocycles. The van der Waals surface area contributed by atoms with Gasteiger partial charge in [0.25, 0.3) is 0 Å². The lowest BCUT2D eigenvalue weighted by Crippen LogP contribution is -2.09. The molecule has 0 bridgehead atoms. The molecule has 0 radical (unpaired) electrons. The number of fused-ring (bicyclic) bond motifs is 1. The van der Waals surface area contributed by atoms with Gasteiger partial charge in [-0.05, 0) is 6.08 Å². The molecule has 1 atom stereocenters. The van der Waals surface area contributed by atoms with Gasteiger partial charge in [0.05, 0.1) is 5.92 Å². The first-order valence-corrected chi connectivity index (χ1v) is 3.41. The summed E-state index contributed by atoms with van der Waals surface area (Å²) in [4.78, 5) is 8.05. The number of hydrogen-bond acceptors (Lipinski definition) is 2. The first-order valence-electron chi connectivity index (χ1n) is 3.03. The first-order chi connectivity index (χ1) is 4.86. The molecule has 2 aliphatic heterocycles. The van der Waals surface area contributed by atoms with Crippen molar-refractivity contribution in [3.8, 4) is 0 Å². The van der Waals surface area contributed by atoms with Crippen molar-refractivity contribution in [2.45, 2.75) is 0 Å². The van der Waals surface area contributed by atoms with Crippen LogP contribution in [0.2, 0.25) is 0 Å². The van der Waals surface area contributed by atoms with E-state index < -0.39 is 0 Å². The maximum absolute atomic E-state index is 5.64. The highest BCUT2D eigenvalue weighted by Gasteiger charge is 2.16. The van der Waals surface area contributed by atoms with Gasteiger partial charge in [0, 0.05) is 6.20 Å². The Kier molecular flexibility index (Phi) is 1.21. The Morgan fingerprint density at radius 1 is 1.40 bits per heavy atom. The fourth-order valence-electron chi connectivity index (χ4n) is 0.968. The van der Waals surface area contributed by atoms with Crippen LogP contribution in [0.15, 0.2) is 34.4 Å². The molecule has 0 aliphatic carbocycles. The van der Waals surface area contributed by atoms with Gasteiger partial charge < -0.3 is 0 Å². The van der Waals surface area contributed by atoms with Crippen LogP contribution in [-0.4, -0.2) is 11.0 Å². The van der Waals surface area contributed by atoms with Gasteiger partial charge >= 0.3 is 0 Å². The van der Waals surface area contributed by atoms with E-state index in [-0.39, 0.29) is 5.92 Å². The van der Waals surface area contributed by atoms with Crippen LogP contribution in [0.3, 0.4) is 0 Å². The van der Waals surface area contributed by atoms with Gasteiger partial charge in [0.1, 0.15) is 11.0 Å². The zero-order valence-corrected chi connectivity index (χ0v) is 5.92. The number of aliphatic imine (C=N–C) groups is 2. The summed E-state index contributed by atoms with van der Waals surface area (Å²) in [6.45, 7) is 0. The third kappa shape index (κ3) is 0.809. The number of amidine groups is 1. The van der Waals surface area contributed by atoms with Crippen LogP contribution in [-0.2, 0) is 0 Å². The number of hydrogen-bond donors (Lipinski definition) is 0. The second-order valence-corrected chi connectivity index (χ2v) is 2.54. The fourth-order valence-corrected chi connectivity index (χ4v) is 1.13. The van der Waals surface area contributed by atoms with Crippen LogP contribution in [0, 0.1) is 5.92 Å². The highest BCUT2D eigenvalue weighted by Crippen LogP contribution is 2.17. The van der Waals surface area contributed by atoms with E-state index in [9.17, 15) is 0 Å². The van der Waals surface area contributed by atoms with Crippen LogP contribution in [0.4, 0.5) is 0 Å². The zero-order valence-electron chi connectivity index (χ0n) is 5.16. The molecule has 0 aromatic rings. The lowest BCUT2D eigenvalue weighted by molar-refractivity contribution is 1.14. The summed E-state index contributed by atoms with van der Waals surface area (Å²) in [5, 5.41) is 0.513. The van der Waals surface area contributed by atoms with E-state index in [0.29, 0.717) is 5.17 Å². The van der Waals surface area contributed by atoms with Crippen molar-refractivity contribution in [3.63, 3.8) is 0 Å². The van der Waals surface area contributed by atoms with E-state index in [1.165, 1.54) is 0 Å². The molecule has 0 amide bonds. The Bertz CT molecular complexity index is 273. The van der Waals surface area contributed by atoms with Gasteiger partial charge in [0.2, 0.25) is 0 Å². The van der Waals surface area contributed by atoms with Crippen LogP contribution < -0.4 is 0 Å². The fraction of sp³-hybridized carbons (Fsp3) is 0.143. The number of rotatable bonds is 0. The normalized spacial score (nSPS) is 27.9. The van der Waals surface area contributed by atoms with E-state index >= 15 is 0 Å². The topological polar surface area (TPSA) is 24.7 Å². The smallest absolute Gasteiger partial charge is 0.140 e. The molecule has 0 aromatic carbocycles. The molecule has 10 heavy (non-hydrogen) atoms. The number of dihydropyridines is 1. The summed E-state index contributed by atoms with van der Waals surface area (Å²) < 4.78 is 0. The van der Waals surface area contributed by atoms with E-state index in [0.717, 1.165) is 5.84 Å². The summed E-state index contributed by atoms with van der Waals surface area (Å²) in [6, 6.07) is 0. The average molecular weight is 153 g/mol. The van der Waals surface area contributed by atoms with Crippen molar-refractivity contribution in [1.82, 2.24) is 0 Å². The molecule has 0 fully saturated rings. The Labute approximate surface area is 63.6 Å². The standard InChI is InChI=1S/C7H5ClN2/c8-6-2-1-5-3-4-9-7(5)10-6/h1-5H. The van der Waals surface area contributed by atoms with Crippen molar-refractivity contribution in [1.29, 1.82) is 0 Å². The minimum atomic E-state index is 0.266. The van der Waals surface area contributed by atoms with Crippen LogP contribution in [0.1, 0.15) is 0 Å². The Balaban J connectivity index is 2.39. The minimum Gasteiger partial charge on any atom is -0.241 e. The van der Waals surface area contributed by atoms with Crippen molar-refractivity contribution in [2.24, 2.45) is 15.9 Å². The van der Waals surface area contributed by atoms with Crippen molar-refractivity contribution < 1.29 is 0 Å². The third-order valence-electron chi connectivity index (χ3n) is 1.46. The molecule has 50 valence electrons. The molecule has 1 unspecified atom stereocenters. The maximum atomic E-state index is 5.64. The highest BCUT2D eigenvalue weighted by atomic mass is 35.5. The summed E-state index contributed by atoms with van der Waals surface area (Å²) in [5.74, 6) is 1.06. The largest absolute Gasteiger partial charge is 0.241 e. The number of allylic oxidation sites excluding steroid dienone is 1. The Morgan fingerprint density at radius 2 is 2.30 bits per heavy atom. The van der Waals surface area contributed by atoms with Crippen molar-refractivity contribution in [3.05, 3.63) is 24.4 Å². The average Bonchev–Trinajstić information content (AvgIpc) is 2.33. The quantitative estimate of drug-likeness (QED) is 0.505. The van der Waals surface area contributed by atoms with Crippen LogP contribution in [0.25, 0.3) is 0 Å². The van der Waals surface area contributed by atoms with E-state index in [2.05, 4.69) is 9.98 Å². The summed E-state index contributed by atoms with van der Waals surface area (Å²) in [6.07, 6.45) is 7.51. The molecule has 3 heteroatoms. The lowest BCUT2D eigenvalue weighted by Gasteiger charge is -2.05. The van der Waals surface area contributed by atoms with Gasteiger partial charge in [-0.25, -0.2) is 9.98 Å². The second kappa shape index (κ2) is 2.06. The predicted octanol–water partition coefficient (Wildman–Crippen LogP) is 1.74. The van der Waals surface area contributed by atoms with E-state index in [4.69, 9.17) is 11.6 Å². The molecular formula is C7H5ClN2. The molecule has 2 nitrogen and oxygen atoms in total. The molecular weight excluding hydrogens is 148 g/mol. The Hall–Kier alpha value is -0.890. The summed E-state index contributed by atoms with van der Waals surface area (Å²) in [7, 11) is 0. The van der Waals surface area contributed by atoms with Gasteiger partial charge in [-0.15, -0.1) is 0 Å². The van der Waals surface area contributed by atoms with Gasteiger partial charge in [-0.3, -0.25) is 0 Å². The SMILES string of the molecule is ClC1=NC2=NC=CC2C=C1. The first kappa shape index (κ1) is 5.86. The highest BCUT2D eigenvalue weighted by molar-refractivity contribution is 6.69. The predicted molar refractivity (Wildman–Crippen MR) is 42.5 cm³/mol. The molecule has 2 rings (SSSR count). The maximum Gasteiger partial charge on any atom is 0.140 e. The molecule has 0 spiro atoms. The van der Waals surface area contributed by atoms with Crippen molar-refractivity contribution >= 4 is 22.6 Å². The Morgan fingerprint density at radius 3 is 3.20 bits per heavy atom. The van der Waals surface area contributed by atoms with E-state index in [1.54, 1.807) is 12.3 Å². The van der Waals surface area contributed by atoms with E-state index in [1.807, 2.05) is 12.2 Å². The molecule has 0 saturated carbocycles. The number of nitrogens with zero attached hydrogens (tertiary/aromatic N) is 2. The molecule has 0 N–H and O–H groups in total. The summed E-state index contributed by atoms with van der Waals surface area (Å²) in [5.41, 5.74) is 0. The lowest BCUT2D eigenvalue weighted by atomic mass is 10.1. The molecule has 2 heterocycles.